The van der Waals surface area contributed by atoms with Crippen molar-refractivity contribution in [1.29, 1.82) is 0 Å². The highest BCUT2D eigenvalue weighted by molar-refractivity contribution is 6.31. The smallest absolute Gasteiger partial charge is 0.303 e. The molecule has 0 saturated carbocycles. The Hall–Kier alpha value is -1.06. The molecule has 4 heteroatoms. The predicted molar refractivity (Wildman–Crippen MR) is 73.8 cm³/mol. The van der Waals surface area contributed by atoms with Crippen LogP contribution in [0.4, 0.5) is 0 Å². The molecule has 1 aromatic carbocycles. The van der Waals surface area contributed by atoms with Gasteiger partial charge in [-0.3, -0.25) is 4.79 Å². The number of carboxylic acid groups (broad SMARTS) is 1. The monoisotopic (exact) mass is 269 g/mol. The first kappa shape index (κ1) is 15.0. The van der Waals surface area contributed by atoms with Crippen molar-refractivity contribution in [2.24, 2.45) is 5.92 Å². The van der Waals surface area contributed by atoms with Crippen LogP contribution in [0.1, 0.15) is 31.7 Å². The summed E-state index contributed by atoms with van der Waals surface area (Å²) in [5.74, 6) is -0.286. The minimum atomic E-state index is -0.717. The molecular formula is C14H20ClNO2. The molecule has 0 aliphatic rings. The molecule has 1 unspecified atom stereocenters. The molecule has 0 amide bonds. The van der Waals surface area contributed by atoms with Crippen LogP contribution >= 0.6 is 11.6 Å². The highest BCUT2D eigenvalue weighted by Crippen LogP contribution is 2.14. The van der Waals surface area contributed by atoms with Crippen molar-refractivity contribution in [2.45, 2.75) is 32.7 Å². The van der Waals surface area contributed by atoms with Crippen LogP contribution in [-0.2, 0) is 11.3 Å². The van der Waals surface area contributed by atoms with Crippen molar-refractivity contribution < 1.29 is 9.90 Å². The van der Waals surface area contributed by atoms with Crippen LogP contribution in [-0.4, -0.2) is 17.6 Å². The number of aliphatic carboxylic acids is 1. The van der Waals surface area contributed by atoms with Gasteiger partial charge in [0.05, 0.1) is 0 Å². The van der Waals surface area contributed by atoms with Crippen molar-refractivity contribution in [3.05, 3.63) is 34.9 Å². The second kappa shape index (κ2) is 8.11. The molecule has 0 fully saturated rings. The van der Waals surface area contributed by atoms with Gasteiger partial charge in [-0.1, -0.05) is 36.7 Å². The van der Waals surface area contributed by atoms with Crippen molar-refractivity contribution in [2.75, 3.05) is 6.54 Å². The highest BCUT2D eigenvalue weighted by atomic mass is 35.5. The molecule has 0 radical (unpaired) electrons. The van der Waals surface area contributed by atoms with Crippen LogP contribution in [0.25, 0.3) is 0 Å². The molecule has 0 aliphatic carbocycles. The fourth-order valence-electron chi connectivity index (χ4n) is 1.73. The first-order chi connectivity index (χ1) is 8.59. The zero-order valence-electron chi connectivity index (χ0n) is 10.7. The molecule has 0 aromatic heterocycles. The third-order valence-electron chi connectivity index (χ3n) is 2.94. The predicted octanol–water partition coefficient (Wildman–Crippen LogP) is 3.32. The normalized spacial score (nSPS) is 12.3. The number of hydrogen-bond donors (Lipinski definition) is 2. The number of rotatable bonds is 8. The van der Waals surface area contributed by atoms with Gasteiger partial charge in [-0.2, -0.15) is 0 Å². The number of halogens is 1. The van der Waals surface area contributed by atoms with Gasteiger partial charge >= 0.3 is 5.97 Å². The maximum Gasteiger partial charge on any atom is 0.303 e. The van der Waals surface area contributed by atoms with Gasteiger partial charge in [0.15, 0.2) is 0 Å². The number of benzene rings is 1. The lowest BCUT2D eigenvalue weighted by Gasteiger charge is -2.11. The van der Waals surface area contributed by atoms with Crippen LogP contribution in [0.3, 0.4) is 0 Å². The summed E-state index contributed by atoms with van der Waals surface area (Å²) in [7, 11) is 0. The van der Waals surface area contributed by atoms with E-state index in [1.165, 1.54) is 0 Å². The number of nitrogens with one attached hydrogen (secondary N) is 1. The van der Waals surface area contributed by atoms with E-state index in [4.69, 9.17) is 16.7 Å². The van der Waals surface area contributed by atoms with E-state index >= 15 is 0 Å². The Kier molecular flexibility index (Phi) is 6.76. The van der Waals surface area contributed by atoms with Crippen LogP contribution < -0.4 is 5.32 Å². The zero-order valence-corrected chi connectivity index (χ0v) is 11.4. The zero-order chi connectivity index (χ0) is 13.4. The Morgan fingerprint density at radius 3 is 2.78 bits per heavy atom. The third-order valence-corrected chi connectivity index (χ3v) is 3.31. The van der Waals surface area contributed by atoms with E-state index in [2.05, 4.69) is 12.2 Å². The van der Waals surface area contributed by atoms with E-state index in [9.17, 15) is 4.79 Å². The van der Waals surface area contributed by atoms with Gasteiger partial charge in [0, 0.05) is 18.0 Å². The summed E-state index contributed by atoms with van der Waals surface area (Å²) in [6.45, 7) is 3.72. The molecule has 1 atom stereocenters. The lowest BCUT2D eigenvalue weighted by molar-refractivity contribution is -0.137. The summed E-state index contributed by atoms with van der Waals surface area (Å²) in [5, 5.41) is 12.7. The highest BCUT2D eigenvalue weighted by Gasteiger charge is 2.05. The molecule has 100 valence electrons. The Morgan fingerprint density at radius 2 is 2.11 bits per heavy atom. The van der Waals surface area contributed by atoms with Gasteiger partial charge in [0.25, 0.3) is 0 Å². The molecule has 0 spiro atoms. The minimum Gasteiger partial charge on any atom is -0.481 e. The Bertz CT molecular complexity index is 382. The van der Waals surface area contributed by atoms with E-state index in [0.717, 1.165) is 36.5 Å². The molecule has 3 nitrogen and oxygen atoms in total. The molecule has 0 saturated heterocycles. The number of carboxylic acids is 1. The van der Waals surface area contributed by atoms with Crippen LogP contribution in [0.2, 0.25) is 5.02 Å². The van der Waals surface area contributed by atoms with Gasteiger partial charge in [0.2, 0.25) is 0 Å². The Morgan fingerprint density at radius 1 is 1.39 bits per heavy atom. The van der Waals surface area contributed by atoms with Gasteiger partial charge in [0.1, 0.15) is 0 Å². The average Bonchev–Trinajstić information content (AvgIpc) is 2.34. The minimum absolute atomic E-state index is 0.256. The summed E-state index contributed by atoms with van der Waals surface area (Å²) in [6, 6.07) is 7.77. The number of carbonyl (C=O) groups is 1. The van der Waals surface area contributed by atoms with E-state index in [0.29, 0.717) is 5.92 Å². The first-order valence-corrected chi connectivity index (χ1v) is 6.63. The fourth-order valence-corrected chi connectivity index (χ4v) is 1.93. The summed E-state index contributed by atoms with van der Waals surface area (Å²) in [4.78, 5) is 10.4. The van der Waals surface area contributed by atoms with E-state index in [-0.39, 0.29) is 6.42 Å². The molecule has 18 heavy (non-hydrogen) atoms. The maximum absolute atomic E-state index is 10.4. The number of hydrogen-bond acceptors (Lipinski definition) is 2. The summed E-state index contributed by atoms with van der Waals surface area (Å²) >= 11 is 6.05. The maximum atomic E-state index is 10.4. The molecule has 1 aromatic rings. The van der Waals surface area contributed by atoms with E-state index < -0.39 is 5.97 Å². The van der Waals surface area contributed by atoms with Gasteiger partial charge < -0.3 is 10.4 Å². The quantitative estimate of drug-likeness (QED) is 0.712. The Labute approximate surface area is 113 Å². The summed E-state index contributed by atoms with van der Waals surface area (Å²) < 4.78 is 0. The summed E-state index contributed by atoms with van der Waals surface area (Å²) in [5.41, 5.74) is 1.09. The van der Waals surface area contributed by atoms with Gasteiger partial charge in [-0.15, -0.1) is 0 Å². The lowest BCUT2D eigenvalue weighted by Crippen LogP contribution is -2.17. The lowest BCUT2D eigenvalue weighted by atomic mass is 10.0. The molecule has 0 heterocycles. The van der Waals surface area contributed by atoms with Crippen molar-refractivity contribution in [1.82, 2.24) is 5.32 Å². The van der Waals surface area contributed by atoms with Crippen molar-refractivity contribution >= 4 is 17.6 Å². The second-order valence-electron chi connectivity index (χ2n) is 4.59. The standard InChI is InChI=1S/C14H20ClNO2/c1-11(6-7-14(17)18)8-9-16-10-12-4-2-3-5-13(12)15/h2-5,11,16H,6-10H2,1H3,(H,17,18). The van der Waals surface area contributed by atoms with E-state index in [1.807, 2.05) is 24.3 Å². The third kappa shape index (κ3) is 6.03. The van der Waals surface area contributed by atoms with Crippen molar-refractivity contribution in [3.63, 3.8) is 0 Å². The van der Waals surface area contributed by atoms with Crippen LogP contribution in [0.5, 0.6) is 0 Å². The topological polar surface area (TPSA) is 49.3 Å². The molecular weight excluding hydrogens is 250 g/mol. The van der Waals surface area contributed by atoms with Gasteiger partial charge in [-0.25, -0.2) is 0 Å². The molecule has 1 rings (SSSR count). The first-order valence-electron chi connectivity index (χ1n) is 6.25. The molecule has 2 N–H and O–H groups in total. The molecule has 0 aliphatic heterocycles. The van der Waals surface area contributed by atoms with Crippen LogP contribution in [0.15, 0.2) is 24.3 Å². The SMILES string of the molecule is CC(CCNCc1ccccc1Cl)CCC(=O)O. The average molecular weight is 270 g/mol. The van der Waals surface area contributed by atoms with Crippen molar-refractivity contribution in [3.8, 4) is 0 Å². The largest absolute Gasteiger partial charge is 0.481 e. The fraction of sp³-hybridized carbons (Fsp3) is 0.500. The second-order valence-corrected chi connectivity index (χ2v) is 5.00. The van der Waals surface area contributed by atoms with E-state index in [1.54, 1.807) is 0 Å². The Balaban J connectivity index is 2.15. The summed E-state index contributed by atoms with van der Waals surface area (Å²) in [6.07, 6.45) is 1.98. The van der Waals surface area contributed by atoms with Crippen LogP contribution in [0, 0.1) is 5.92 Å². The van der Waals surface area contributed by atoms with Gasteiger partial charge in [-0.05, 0) is 36.9 Å². The molecule has 0 bridgehead atoms.